The summed E-state index contributed by atoms with van der Waals surface area (Å²) < 4.78 is 9.62. The Kier molecular flexibility index (Phi) is 8.31. The maximum absolute atomic E-state index is 12.2. The first-order chi connectivity index (χ1) is 10.5. The van der Waals surface area contributed by atoms with Gasteiger partial charge in [0.2, 0.25) is 5.91 Å². The lowest BCUT2D eigenvalue weighted by atomic mass is 10.1. The molecule has 8 nitrogen and oxygen atoms in total. The summed E-state index contributed by atoms with van der Waals surface area (Å²) in [6.45, 7) is 9.83. The fraction of sp³-hybridized carbons (Fsp3) is 0.667. The van der Waals surface area contributed by atoms with Crippen molar-refractivity contribution in [3.63, 3.8) is 0 Å². The fourth-order valence-corrected chi connectivity index (χ4v) is 1.62. The van der Waals surface area contributed by atoms with Crippen LogP contribution in [0.3, 0.4) is 0 Å². The Labute approximate surface area is 136 Å². The zero-order valence-corrected chi connectivity index (χ0v) is 14.2. The van der Waals surface area contributed by atoms with E-state index in [1.165, 1.54) is 20.1 Å². The Morgan fingerprint density at radius 3 is 2.22 bits per heavy atom. The van der Waals surface area contributed by atoms with E-state index in [9.17, 15) is 19.5 Å². The number of ether oxygens (including phenoxy) is 2. The molecule has 0 saturated heterocycles. The summed E-state index contributed by atoms with van der Waals surface area (Å²) in [7, 11) is 1.19. The lowest BCUT2D eigenvalue weighted by Crippen LogP contribution is -2.56. The second kappa shape index (κ2) is 9.14. The third-order valence-corrected chi connectivity index (χ3v) is 2.64. The van der Waals surface area contributed by atoms with Crippen molar-refractivity contribution in [2.45, 2.75) is 57.9 Å². The Morgan fingerprint density at radius 1 is 1.26 bits per heavy atom. The van der Waals surface area contributed by atoms with Gasteiger partial charge in [0.05, 0.1) is 13.2 Å². The summed E-state index contributed by atoms with van der Waals surface area (Å²) in [5.41, 5.74) is -0.749. The van der Waals surface area contributed by atoms with Gasteiger partial charge in [-0.15, -0.1) is 6.58 Å². The molecule has 0 unspecified atom stereocenters. The van der Waals surface area contributed by atoms with E-state index in [2.05, 4.69) is 21.9 Å². The number of hydrogen-bond donors (Lipinski definition) is 3. The highest BCUT2D eigenvalue weighted by atomic mass is 16.6. The van der Waals surface area contributed by atoms with Crippen molar-refractivity contribution < 1.29 is 29.0 Å². The number of aliphatic hydroxyl groups excluding tert-OH is 1. The summed E-state index contributed by atoms with van der Waals surface area (Å²) in [4.78, 5) is 35.5. The summed E-state index contributed by atoms with van der Waals surface area (Å²) in [5, 5.41) is 14.4. The van der Waals surface area contributed by atoms with Crippen LogP contribution >= 0.6 is 0 Å². The van der Waals surface area contributed by atoms with E-state index >= 15 is 0 Å². The molecule has 0 aromatic carbocycles. The summed E-state index contributed by atoms with van der Waals surface area (Å²) in [6, 6.07) is -2.23. The Balaban J connectivity index is 4.94. The first-order valence-corrected chi connectivity index (χ1v) is 7.18. The van der Waals surface area contributed by atoms with Crippen molar-refractivity contribution in [1.29, 1.82) is 0 Å². The maximum Gasteiger partial charge on any atom is 0.408 e. The molecule has 0 aliphatic carbocycles. The van der Waals surface area contributed by atoms with Crippen LogP contribution in [0.2, 0.25) is 0 Å². The van der Waals surface area contributed by atoms with E-state index in [0.717, 1.165) is 0 Å². The topological polar surface area (TPSA) is 114 Å². The van der Waals surface area contributed by atoms with Crippen LogP contribution in [0.4, 0.5) is 4.79 Å². The highest BCUT2D eigenvalue weighted by Gasteiger charge is 2.31. The SMILES string of the molecule is C=CC[C@H](NC(=O)[C@@H](NC(=O)OC(C)(C)C)[C@H](C)O)C(=O)OC. The minimum Gasteiger partial charge on any atom is -0.467 e. The molecule has 3 atom stereocenters. The van der Waals surface area contributed by atoms with Crippen LogP contribution in [0.25, 0.3) is 0 Å². The first kappa shape index (κ1) is 20.9. The van der Waals surface area contributed by atoms with Gasteiger partial charge < -0.3 is 25.2 Å². The van der Waals surface area contributed by atoms with Gasteiger partial charge in [-0.1, -0.05) is 6.08 Å². The van der Waals surface area contributed by atoms with E-state index < -0.39 is 41.8 Å². The smallest absolute Gasteiger partial charge is 0.408 e. The highest BCUT2D eigenvalue weighted by molar-refractivity contribution is 5.90. The Bertz CT molecular complexity index is 442. The lowest BCUT2D eigenvalue weighted by molar-refractivity contribution is -0.145. The molecule has 0 rings (SSSR count). The molecule has 2 amide bonds. The molecule has 3 N–H and O–H groups in total. The average Bonchev–Trinajstić information content (AvgIpc) is 2.41. The van der Waals surface area contributed by atoms with Gasteiger partial charge in [0, 0.05) is 0 Å². The van der Waals surface area contributed by atoms with Gasteiger partial charge in [-0.25, -0.2) is 9.59 Å². The van der Waals surface area contributed by atoms with Gasteiger partial charge in [-0.05, 0) is 34.1 Å². The third kappa shape index (κ3) is 8.20. The molecule has 0 spiro atoms. The van der Waals surface area contributed by atoms with E-state index in [4.69, 9.17) is 4.74 Å². The minimum atomic E-state index is -1.28. The molecule has 0 fully saturated rings. The van der Waals surface area contributed by atoms with Crippen molar-refractivity contribution in [2.75, 3.05) is 7.11 Å². The molecule has 0 heterocycles. The molecule has 0 aliphatic heterocycles. The number of carbonyl (C=O) groups is 3. The van der Waals surface area contributed by atoms with Crippen molar-refractivity contribution in [3.05, 3.63) is 12.7 Å². The predicted octanol–water partition coefficient (Wildman–Crippen LogP) is 0.494. The Hall–Kier alpha value is -2.09. The van der Waals surface area contributed by atoms with E-state index in [1.54, 1.807) is 20.8 Å². The van der Waals surface area contributed by atoms with Crippen LogP contribution in [0.15, 0.2) is 12.7 Å². The molecule has 0 aromatic rings. The van der Waals surface area contributed by atoms with Crippen LogP contribution in [0.5, 0.6) is 0 Å². The van der Waals surface area contributed by atoms with Crippen LogP contribution in [0, 0.1) is 0 Å². The van der Waals surface area contributed by atoms with Crippen molar-refractivity contribution >= 4 is 18.0 Å². The van der Waals surface area contributed by atoms with Gasteiger partial charge >= 0.3 is 12.1 Å². The molecule has 23 heavy (non-hydrogen) atoms. The largest absolute Gasteiger partial charge is 0.467 e. The number of alkyl carbamates (subject to hydrolysis) is 1. The van der Waals surface area contributed by atoms with Crippen LogP contribution in [0.1, 0.15) is 34.1 Å². The summed E-state index contributed by atoms with van der Waals surface area (Å²) in [6.07, 6.45) is -0.445. The number of nitrogens with one attached hydrogen (secondary N) is 2. The average molecular weight is 330 g/mol. The number of amides is 2. The van der Waals surface area contributed by atoms with Gasteiger partial charge in [-0.3, -0.25) is 4.79 Å². The molecule has 0 radical (unpaired) electrons. The number of aliphatic hydroxyl groups is 1. The van der Waals surface area contributed by atoms with Crippen LogP contribution < -0.4 is 10.6 Å². The van der Waals surface area contributed by atoms with Gasteiger partial charge in [-0.2, -0.15) is 0 Å². The van der Waals surface area contributed by atoms with Crippen molar-refractivity contribution in [3.8, 4) is 0 Å². The number of rotatable bonds is 7. The number of esters is 1. The van der Waals surface area contributed by atoms with Crippen molar-refractivity contribution in [1.82, 2.24) is 10.6 Å². The van der Waals surface area contributed by atoms with Crippen LogP contribution in [-0.4, -0.2) is 54.0 Å². The molecule has 8 heteroatoms. The second-order valence-electron chi connectivity index (χ2n) is 5.97. The molecular formula is C15H26N2O6. The molecule has 0 aromatic heterocycles. The van der Waals surface area contributed by atoms with Gasteiger partial charge in [0.1, 0.15) is 17.7 Å². The second-order valence-corrected chi connectivity index (χ2v) is 5.97. The van der Waals surface area contributed by atoms with Gasteiger partial charge in [0.15, 0.2) is 0 Å². The predicted molar refractivity (Wildman–Crippen MR) is 83.6 cm³/mol. The number of carbonyl (C=O) groups excluding carboxylic acids is 3. The van der Waals surface area contributed by atoms with Crippen LogP contribution in [-0.2, 0) is 19.1 Å². The molecule has 132 valence electrons. The van der Waals surface area contributed by atoms with E-state index in [0.29, 0.717) is 0 Å². The minimum absolute atomic E-state index is 0.150. The zero-order chi connectivity index (χ0) is 18.2. The van der Waals surface area contributed by atoms with Crippen molar-refractivity contribution in [2.24, 2.45) is 0 Å². The number of methoxy groups -OCH3 is 1. The first-order valence-electron chi connectivity index (χ1n) is 7.18. The molecular weight excluding hydrogens is 304 g/mol. The quantitative estimate of drug-likeness (QED) is 0.462. The maximum atomic E-state index is 12.2. The van der Waals surface area contributed by atoms with Gasteiger partial charge in [0.25, 0.3) is 0 Å². The molecule has 0 saturated carbocycles. The zero-order valence-electron chi connectivity index (χ0n) is 14.2. The van der Waals surface area contributed by atoms with E-state index in [1.807, 2.05) is 0 Å². The normalized spacial score (nSPS) is 14.9. The van der Waals surface area contributed by atoms with E-state index in [-0.39, 0.29) is 6.42 Å². The standard InChI is InChI=1S/C15H26N2O6/c1-7-8-10(13(20)22-6)16-12(19)11(9(2)18)17-14(21)23-15(3,4)5/h7,9-11,18H,1,8H2,2-6H3,(H,16,19)(H,17,21)/t9-,10-,11-/m0/s1. The summed E-state index contributed by atoms with van der Waals surface area (Å²) in [5.74, 6) is -1.39. The molecule has 0 bridgehead atoms. The number of hydrogen-bond acceptors (Lipinski definition) is 6. The highest BCUT2D eigenvalue weighted by Crippen LogP contribution is 2.07. The summed E-state index contributed by atoms with van der Waals surface area (Å²) >= 11 is 0. The third-order valence-electron chi connectivity index (χ3n) is 2.64. The fourth-order valence-electron chi connectivity index (χ4n) is 1.62. The Morgan fingerprint density at radius 2 is 1.83 bits per heavy atom. The molecule has 0 aliphatic rings. The lowest BCUT2D eigenvalue weighted by Gasteiger charge is -2.25. The monoisotopic (exact) mass is 330 g/mol.